The second-order valence-corrected chi connectivity index (χ2v) is 3.35. The van der Waals surface area contributed by atoms with Gasteiger partial charge in [0.05, 0.1) is 0 Å². The number of likely N-dealkylation sites (N-methyl/N-ethyl adjacent to an activating group) is 1. The monoisotopic (exact) mass is 196 g/mol. The van der Waals surface area contributed by atoms with Gasteiger partial charge in [-0.3, -0.25) is 0 Å². The van der Waals surface area contributed by atoms with Crippen LogP contribution < -0.4 is 5.73 Å². The van der Waals surface area contributed by atoms with Gasteiger partial charge in [-0.1, -0.05) is 6.07 Å². The van der Waals surface area contributed by atoms with Crippen molar-refractivity contribution in [2.24, 2.45) is 5.73 Å². The Morgan fingerprint density at radius 3 is 2.57 bits per heavy atom. The molecule has 1 aromatic carbocycles. The molecule has 0 aliphatic carbocycles. The van der Waals surface area contributed by atoms with Crippen molar-refractivity contribution in [1.82, 2.24) is 4.90 Å². The molecule has 0 heterocycles. The van der Waals surface area contributed by atoms with Crippen LogP contribution in [-0.2, 0) is 6.54 Å². The van der Waals surface area contributed by atoms with E-state index >= 15 is 0 Å². The van der Waals surface area contributed by atoms with Gasteiger partial charge >= 0.3 is 0 Å². The maximum absolute atomic E-state index is 9.25. The van der Waals surface area contributed by atoms with E-state index in [9.17, 15) is 5.11 Å². The van der Waals surface area contributed by atoms with Crippen molar-refractivity contribution >= 4 is 0 Å². The first-order valence-electron chi connectivity index (χ1n) is 4.53. The summed E-state index contributed by atoms with van der Waals surface area (Å²) in [4.78, 5) is 2.05. The Labute approximate surface area is 83.6 Å². The van der Waals surface area contributed by atoms with Crippen LogP contribution in [0.15, 0.2) is 18.2 Å². The van der Waals surface area contributed by atoms with E-state index in [0.29, 0.717) is 13.1 Å². The average molecular weight is 196 g/mol. The van der Waals surface area contributed by atoms with Gasteiger partial charge in [0.2, 0.25) is 0 Å². The van der Waals surface area contributed by atoms with Crippen LogP contribution in [0.2, 0.25) is 0 Å². The van der Waals surface area contributed by atoms with Crippen LogP contribution in [0.3, 0.4) is 0 Å². The van der Waals surface area contributed by atoms with Crippen LogP contribution in [0.4, 0.5) is 0 Å². The molecule has 4 nitrogen and oxygen atoms in total. The molecule has 0 aromatic heterocycles. The molecule has 78 valence electrons. The minimum absolute atomic E-state index is 0.0800. The zero-order chi connectivity index (χ0) is 10.6. The number of hydrogen-bond donors (Lipinski definition) is 3. The summed E-state index contributed by atoms with van der Waals surface area (Å²) in [7, 11) is 1.96. The first-order valence-corrected chi connectivity index (χ1v) is 4.53. The molecule has 4 heteroatoms. The number of hydrogen-bond acceptors (Lipinski definition) is 4. The number of phenolic OH excluding ortho intramolecular Hbond substituents is 2. The SMILES string of the molecule is CN(CCN)Cc1ccc(O)c(O)c1. The molecule has 0 atom stereocenters. The van der Waals surface area contributed by atoms with Crippen molar-refractivity contribution in [3.05, 3.63) is 23.8 Å². The molecular weight excluding hydrogens is 180 g/mol. The fourth-order valence-corrected chi connectivity index (χ4v) is 1.28. The van der Waals surface area contributed by atoms with Gasteiger partial charge < -0.3 is 20.8 Å². The van der Waals surface area contributed by atoms with E-state index in [1.54, 1.807) is 12.1 Å². The molecule has 0 unspecified atom stereocenters. The predicted molar refractivity (Wildman–Crippen MR) is 55.2 cm³/mol. The summed E-state index contributed by atoms with van der Waals surface area (Å²) in [6, 6.07) is 4.82. The van der Waals surface area contributed by atoms with Crippen LogP contribution >= 0.6 is 0 Å². The minimum atomic E-state index is -0.0878. The highest BCUT2D eigenvalue weighted by Crippen LogP contribution is 2.25. The molecule has 0 fully saturated rings. The van der Waals surface area contributed by atoms with Crippen LogP contribution in [0.25, 0.3) is 0 Å². The highest BCUT2D eigenvalue weighted by atomic mass is 16.3. The number of benzene rings is 1. The van der Waals surface area contributed by atoms with Gasteiger partial charge in [0, 0.05) is 19.6 Å². The third kappa shape index (κ3) is 2.90. The molecule has 1 aromatic rings. The number of phenols is 2. The average Bonchev–Trinajstić information content (AvgIpc) is 2.12. The van der Waals surface area contributed by atoms with Gasteiger partial charge in [0.25, 0.3) is 0 Å². The van der Waals surface area contributed by atoms with Gasteiger partial charge in [-0.25, -0.2) is 0 Å². The number of nitrogens with two attached hydrogens (primary N) is 1. The standard InChI is InChI=1S/C10H16N2O2/c1-12(5-4-11)7-8-2-3-9(13)10(14)6-8/h2-3,6,13-14H,4-5,7,11H2,1H3. The Hall–Kier alpha value is -1.26. The first kappa shape index (κ1) is 10.8. The summed E-state index contributed by atoms with van der Waals surface area (Å²) >= 11 is 0. The molecule has 0 radical (unpaired) electrons. The molecular formula is C10H16N2O2. The van der Waals surface area contributed by atoms with E-state index in [4.69, 9.17) is 10.8 Å². The lowest BCUT2D eigenvalue weighted by Crippen LogP contribution is -2.24. The van der Waals surface area contributed by atoms with Crippen LogP contribution in [-0.4, -0.2) is 35.3 Å². The summed E-state index contributed by atoms with van der Waals surface area (Å²) in [6.07, 6.45) is 0. The largest absolute Gasteiger partial charge is 0.504 e. The van der Waals surface area contributed by atoms with Gasteiger partial charge in [-0.15, -0.1) is 0 Å². The lowest BCUT2D eigenvalue weighted by molar-refractivity contribution is 0.334. The van der Waals surface area contributed by atoms with Crippen molar-refractivity contribution in [2.45, 2.75) is 6.54 Å². The zero-order valence-electron chi connectivity index (χ0n) is 8.27. The maximum atomic E-state index is 9.25. The maximum Gasteiger partial charge on any atom is 0.157 e. The van der Waals surface area contributed by atoms with E-state index < -0.39 is 0 Å². The first-order chi connectivity index (χ1) is 6.63. The molecule has 0 aliphatic rings. The minimum Gasteiger partial charge on any atom is -0.504 e. The second kappa shape index (κ2) is 4.83. The number of rotatable bonds is 4. The predicted octanol–water partition coefficient (Wildman–Crippen LogP) is 0.488. The van der Waals surface area contributed by atoms with E-state index in [0.717, 1.165) is 12.1 Å². The number of aromatic hydroxyl groups is 2. The number of nitrogens with zero attached hydrogens (tertiary/aromatic N) is 1. The van der Waals surface area contributed by atoms with E-state index in [1.807, 2.05) is 11.9 Å². The lowest BCUT2D eigenvalue weighted by atomic mass is 10.2. The molecule has 0 spiro atoms. The van der Waals surface area contributed by atoms with Crippen molar-refractivity contribution in [3.8, 4) is 11.5 Å². The molecule has 1 rings (SSSR count). The normalized spacial score (nSPS) is 10.8. The Bertz CT molecular complexity index is 302. The molecule has 0 amide bonds. The second-order valence-electron chi connectivity index (χ2n) is 3.35. The molecule has 0 saturated heterocycles. The summed E-state index contributed by atoms with van der Waals surface area (Å²) in [6.45, 7) is 2.13. The third-order valence-corrected chi connectivity index (χ3v) is 2.00. The van der Waals surface area contributed by atoms with E-state index in [2.05, 4.69) is 0 Å². The van der Waals surface area contributed by atoms with Crippen molar-refractivity contribution in [2.75, 3.05) is 20.1 Å². The van der Waals surface area contributed by atoms with Crippen LogP contribution in [0.5, 0.6) is 11.5 Å². The molecule has 0 bridgehead atoms. The van der Waals surface area contributed by atoms with Gasteiger partial charge in [-0.05, 0) is 24.7 Å². The Kier molecular flexibility index (Phi) is 3.73. The van der Waals surface area contributed by atoms with E-state index in [1.165, 1.54) is 6.07 Å². The Morgan fingerprint density at radius 1 is 1.29 bits per heavy atom. The molecule has 0 saturated carbocycles. The Balaban J connectivity index is 2.63. The smallest absolute Gasteiger partial charge is 0.157 e. The highest BCUT2D eigenvalue weighted by molar-refractivity contribution is 5.40. The lowest BCUT2D eigenvalue weighted by Gasteiger charge is -2.15. The summed E-state index contributed by atoms with van der Waals surface area (Å²) in [5.41, 5.74) is 6.36. The quantitative estimate of drug-likeness (QED) is 0.613. The highest BCUT2D eigenvalue weighted by Gasteiger charge is 2.03. The summed E-state index contributed by atoms with van der Waals surface area (Å²) < 4.78 is 0. The molecule has 0 aliphatic heterocycles. The van der Waals surface area contributed by atoms with Crippen LogP contribution in [0.1, 0.15) is 5.56 Å². The zero-order valence-corrected chi connectivity index (χ0v) is 8.27. The van der Waals surface area contributed by atoms with Gasteiger partial charge in [-0.2, -0.15) is 0 Å². The Morgan fingerprint density at radius 2 is 2.00 bits per heavy atom. The van der Waals surface area contributed by atoms with E-state index in [-0.39, 0.29) is 11.5 Å². The van der Waals surface area contributed by atoms with Crippen molar-refractivity contribution in [1.29, 1.82) is 0 Å². The van der Waals surface area contributed by atoms with Crippen molar-refractivity contribution in [3.63, 3.8) is 0 Å². The summed E-state index contributed by atoms with van der Waals surface area (Å²) in [5.74, 6) is -0.168. The fraction of sp³-hybridized carbons (Fsp3) is 0.400. The van der Waals surface area contributed by atoms with Gasteiger partial charge in [0.1, 0.15) is 0 Å². The van der Waals surface area contributed by atoms with Gasteiger partial charge in [0.15, 0.2) is 11.5 Å². The summed E-state index contributed by atoms with van der Waals surface area (Å²) in [5, 5.41) is 18.3. The topological polar surface area (TPSA) is 69.7 Å². The molecule has 14 heavy (non-hydrogen) atoms. The van der Waals surface area contributed by atoms with Crippen molar-refractivity contribution < 1.29 is 10.2 Å². The van der Waals surface area contributed by atoms with Crippen LogP contribution in [0, 0.1) is 0 Å². The third-order valence-electron chi connectivity index (χ3n) is 2.00. The fourth-order valence-electron chi connectivity index (χ4n) is 1.28. The molecule has 4 N–H and O–H groups in total.